The summed E-state index contributed by atoms with van der Waals surface area (Å²) in [4.78, 5) is 12.3. The molecule has 2 rings (SSSR count). The fourth-order valence-electron chi connectivity index (χ4n) is 2.34. The molecule has 0 saturated carbocycles. The Morgan fingerprint density at radius 1 is 1.24 bits per heavy atom. The zero-order valence-corrected chi connectivity index (χ0v) is 17.2. The minimum Gasteiger partial charge on any atom is -0.492 e. The zero-order chi connectivity index (χ0) is 18.6. The number of anilines is 1. The summed E-state index contributed by atoms with van der Waals surface area (Å²) >= 11 is 14.8. The molecule has 7 heteroatoms. The third-order valence-corrected chi connectivity index (χ3v) is 4.41. The summed E-state index contributed by atoms with van der Waals surface area (Å²) in [5.41, 5.74) is 3.32. The maximum atomic E-state index is 12.3. The average molecular weight is 442 g/mol. The number of rotatable bonds is 4. The van der Waals surface area contributed by atoms with Gasteiger partial charge in [0.15, 0.2) is 5.11 Å². The Bertz CT molecular complexity index is 804. The quantitative estimate of drug-likeness (QED) is 0.637. The Morgan fingerprint density at radius 2 is 1.88 bits per heavy atom. The monoisotopic (exact) mass is 440 g/mol. The molecule has 0 atom stereocenters. The number of carbonyl (C=O) groups is 1. The lowest BCUT2D eigenvalue weighted by atomic mass is 10.1. The van der Waals surface area contributed by atoms with Crippen LogP contribution in [0.25, 0.3) is 0 Å². The molecule has 0 spiro atoms. The van der Waals surface area contributed by atoms with Crippen molar-refractivity contribution >= 4 is 56.5 Å². The largest absolute Gasteiger partial charge is 0.492 e. The summed E-state index contributed by atoms with van der Waals surface area (Å²) < 4.78 is 6.35. The molecule has 25 heavy (non-hydrogen) atoms. The standard InChI is InChI=1S/C18H18BrClN2O2S/c1-4-24-15-6-5-12(9-14(15)20)17(23)22-18(25)21-16-10(2)7-13(19)8-11(16)3/h5-9H,4H2,1-3H3,(H2,21,22,23,25). The maximum Gasteiger partial charge on any atom is 0.257 e. The van der Waals surface area contributed by atoms with E-state index in [1.54, 1.807) is 18.2 Å². The highest BCUT2D eigenvalue weighted by molar-refractivity contribution is 9.10. The first-order valence-electron chi connectivity index (χ1n) is 7.63. The molecule has 132 valence electrons. The number of thiocarbonyl (C=S) groups is 1. The van der Waals surface area contributed by atoms with Gasteiger partial charge in [-0.1, -0.05) is 27.5 Å². The van der Waals surface area contributed by atoms with Crippen LogP contribution in [0.3, 0.4) is 0 Å². The van der Waals surface area contributed by atoms with Crippen LogP contribution < -0.4 is 15.4 Å². The molecule has 0 bridgehead atoms. The number of carbonyl (C=O) groups excluding carboxylic acids is 1. The van der Waals surface area contributed by atoms with Crippen LogP contribution in [0.1, 0.15) is 28.4 Å². The van der Waals surface area contributed by atoms with E-state index in [0.29, 0.717) is 22.9 Å². The van der Waals surface area contributed by atoms with Gasteiger partial charge in [-0.2, -0.15) is 0 Å². The lowest BCUT2D eigenvalue weighted by Crippen LogP contribution is -2.34. The van der Waals surface area contributed by atoms with Gasteiger partial charge in [0.25, 0.3) is 5.91 Å². The third kappa shape index (κ3) is 5.17. The predicted octanol–water partition coefficient (Wildman–Crippen LogP) is 5.24. The van der Waals surface area contributed by atoms with Gasteiger partial charge in [-0.25, -0.2) is 0 Å². The van der Waals surface area contributed by atoms with Crippen LogP contribution in [0.15, 0.2) is 34.8 Å². The molecule has 0 aromatic heterocycles. The molecule has 2 aromatic carbocycles. The van der Waals surface area contributed by atoms with Crippen molar-refractivity contribution in [2.45, 2.75) is 20.8 Å². The van der Waals surface area contributed by atoms with Gasteiger partial charge in [0, 0.05) is 15.7 Å². The molecule has 2 aromatic rings. The van der Waals surface area contributed by atoms with Gasteiger partial charge in [0.05, 0.1) is 11.6 Å². The van der Waals surface area contributed by atoms with Gasteiger partial charge in [0.1, 0.15) is 5.75 Å². The third-order valence-electron chi connectivity index (χ3n) is 3.46. The van der Waals surface area contributed by atoms with Crippen molar-refractivity contribution in [2.24, 2.45) is 0 Å². The lowest BCUT2D eigenvalue weighted by Gasteiger charge is -2.15. The highest BCUT2D eigenvalue weighted by atomic mass is 79.9. The molecular formula is C18H18BrClN2O2S. The molecular weight excluding hydrogens is 424 g/mol. The van der Waals surface area contributed by atoms with Crippen molar-refractivity contribution in [3.05, 3.63) is 56.5 Å². The van der Waals surface area contributed by atoms with Gasteiger partial charge in [-0.05, 0) is 74.4 Å². The summed E-state index contributed by atoms with van der Waals surface area (Å²) in [5.74, 6) is 0.206. The Hall–Kier alpha value is -1.63. The van der Waals surface area contributed by atoms with Crippen LogP contribution in [0.5, 0.6) is 5.75 Å². The van der Waals surface area contributed by atoms with Gasteiger partial charge in [-0.3, -0.25) is 10.1 Å². The van der Waals surface area contributed by atoms with Crippen molar-refractivity contribution in [1.82, 2.24) is 5.32 Å². The van der Waals surface area contributed by atoms with Crippen LogP contribution in [-0.4, -0.2) is 17.6 Å². The molecule has 0 aliphatic carbocycles. The van der Waals surface area contributed by atoms with Crippen LogP contribution in [-0.2, 0) is 0 Å². The van der Waals surface area contributed by atoms with E-state index in [9.17, 15) is 4.79 Å². The molecule has 0 saturated heterocycles. The van der Waals surface area contributed by atoms with Crippen LogP contribution in [0.4, 0.5) is 5.69 Å². The van der Waals surface area contributed by atoms with E-state index in [0.717, 1.165) is 21.3 Å². The lowest BCUT2D eigenvalue weighted by molar-refractivity contribution is 0.0977. The highest BCUT2D eigenvalue weighted by Gasteiger charge is 2.12. The molecule has 0 unspecified atom stereocenters. The fraction of sp³-hybridized carbons (Fsp3) is 0.222. The molecule has 4 nitrogen and oxygen atoms in total. The summed E-state index contributed by atoms with van der Waals surface area (Å²) in [6, 6.07) is 8.82. The van der Waals surface area contributed by atoms with E-state index in [4.69, 9.17) is 28.6 Å². The number of aryl methyl sites for hydroxylation is 2. The van der Waals surface area contributed by atoms with Gasteiger partial charge >= 0.3 is 0 Å². The van der Waals surface area contributed by atoms with E-state index < -0.39 is 0 Å². The summed E-state index contributed by atoms with van der Waals surface area (Å²) in [7, 11) is 0. The van der Waals surface area contributed by atoms with Gasteiger partial charge in [0.2, 0.25) is 0 Å². The van der Waals surface area contributed by atoms with Gasteiger partial charge in [-0.15, -0.1) is 0 Å². The average Bonchev–Trinajstić information content (AvgIpc) is 2.53. The fourth-order valence-corrected chi connectivity index (χ4v) is 3.46. The van der Waals surface area contributed by atoms with E-state index in [2.05, 4.69) is 26.6 Å². The van der Waals surface area contributed by atoms with E-state index in [1.165, 1.54) is 0 Å². The Morgan fingerprint density at radius 3 is 2.44 bits per heavy atom. The summed E-state index contributed by atoms with van der Waals surface area (Å²) in [6.45, 7) is 6.31. The summed E-state index contributed by atoms with van der Waals surface area (Å²) in [5, 5.41) is 6.34. The number of nitrogens with one attached hydrogen (secondary N) is 2. The maximum absolute atomic E-state index is 12.3. The van der Waals surface area contributed by atoms with Crippen molar-refractivity contribution in [3.63, 3.8) is 0 Å². The van der Waals surface area contributed by atoms with Crippen molar-refractivity contribution in [1.29, 1.82) is 0 Å². The minimum absolute atomic E-state index is 0.225. The number of hydrogen-bond donors (Lipinski definition) is 2. The Kier molecular flexibility index (Phi) is 6.81. The number of benzene rings is 2. The Balaban J connectivity index is 2.08. The molecule has 0 aliphatic rings. The van der Waals surface area contributed by atoms with E-state index in [1.807, 2.05) is 32.9 Å². The van der Waals surface area contributed by atoms with Crippen molar-refractivity contribution in [3.8, 4) is 5.75 Å². The van der Waals surface area contributed by atoms with Crippen molar-refractivity contribution < 1.29 is 9.53 Å². The highest BCUT2D eigenvalue weighted by Crippen LogP contribution is 2.26. The van der Waals surface area contributed by atoms with Crippen molar-refractivity contribution in [2.75, 3.05) is 11.9 Å². The second kappa shape index (κ2) is 8.65. The number of hydrogen-bond acceptors (Lipinski definition) is 3. The molecule has 0 radical (unpaired) electrons. The van der Waals surface area contributed by atoms with Crippen LogP contribution in [0.2, 0.25) is 5.02 Å². The number of amides is 1. The molecule has 1 amide bonds. The zero-order valence-electron chi connectivity index (χ0n) is 14.1. The first-order chi connectivity index (χ1) is 11.8. The summed E-state index contributed by atoms with van der Waals surface area (Å²) in [6.07, 6.45) is 0. The first kappa shape index (κ1) is 19.7. The topological polar surface area (TPSA) is 50.4 Å². The Labute approximate surface area is 166 Å². The minimum atomic E-state index is -0.338. The molecule has 0 heterocycles. The number of halogens is 2. The second-order valence-electron chi connectivity index (χ2n) is 5.40. The SMILES string of the molecule is CCOc1ccc(C(=O)NC(=S)Nc2c(C)cc(Br)cc2C)cc1Cl. The van der Waals surface area contributed by atoms with E-state index >= 15 is 0 Å². The van der Waals surface area contributed by atoms with Gasteiger partial charge < -0.3 is 10.1 Å². The predicted molar refractivity (Wildman–Crippen MR) is 110 cm³/mol. The molecule has 2 N–H and O–H groups in total. The first-order valence-corrected chi connectivity index (χ1v) is 9.21. The molecule has 0 fully saturated rings. The second-order valence-corrected chi connectivity index (χ2v) is 7.13. The van der Waals surface area contributed by atoms with Crippen LogP contribution >= 0.6 is 39.7 Å². The van der Waals surface area contributed by atoms with E-state index in [-0.39, 0.29) is 11.0 Å². The normalized spacial score (nSPS) is 10.3. The smallest absolute Gasteiger partial charge is 0.257 e. The number of ether oxygens (including phenoxy) is 1. The molecule has 0 aliphatic heterocycles. The van der Waals surface area contributed by atoms with Crippen LogP contribution in [0, 0.1) is 13.8 Å².